The third-order valence-electron chi connectivity index (χ3n) is 14.7. The van der Waals surface area contributed by atoms with E-state index in [2.05, 4.69) is 27.7 Å². The molecule has 0 amide bonds. The Kier molecular flexibility index (Phi) is 8.01. The van der Waals surface area contributed by atoms with E-state index in [1.54, 1.807) is 0 Å². The van der Waals surface area contributed by atoms with Crippen LogP contribution in [0.4, 0.5) is 0 Å². The Morgan fingerprint density at radius 2 is 1.62 bits per heavy atom. The number of aliphatic hydroxyl groups is 5. The lowest BCUT2D eigenvalue weighted by Crippen LogP contribution is -2.63. The maximum absolute atomic E-state index is 13.8. The molecule has 6 fully saturated rings. The van der Waals surface area contributed by atoms with Gasteiger partial charge >= 0.3 is 5.97 Å². The number of ether oxygens (including phenoxy) is 3. The van der Waals surface area contributed by atoms with E-state index in [1.807, 2.05) is 6.92 Å². The van der Waals surface area contributed by atoms with Crippen LogP contribution in [0.1, 0.15) is 99.8 Å². The molecule has 0 aromatic heterocycles. The lowest BCUT2D eigenvalue weighted by Gasteiger charge is -2.64. The van der Waals surface area contributed by atoms with E-state index in [-0.39, 0.29) is 46.8 Å². The highest BCUT2D eigenvalue weighted by atomic mass is 16.7. The molecule has 256 valence electrons. The number of hydrogen-bond donors (Lipinski definition) is 5. The number of carbonyl (C=O) groups excluding carboxylic acids is 2. The molecule has 2 heterocycles. The molecule has 2 aliphatic heterocycles. The fraction of sp³-hybridized carbons (Fsp3) is 0.943. The summed E-state index contributed by atoms with van der Waals surface area (Å²) < 4.78 is 17.9. The van der Waals surface area contributed by atoms with Gasteiger partial charge in [0.2, 0.25) is 0 Å². The average molecular weight is 637 g/mol. The minimum Gasteiger partial charge on any atom is -0.459 e. The first kappa shape index (κ1) is 33.7. The van der Waals surface area contributed by atoms with Gasteiger partial charge in [-0.05, 0) is 105 Å². The zero-order valence-corrected chi connectivity index (χ0v) is 28.1. The first-order valence-electron chi connectivity index (χ1n) is 17.2. The largest absolute Gasteiger partial charge is 0.459 e. The summed E-state index contributed by atoms with van der Waals surface area (Å²) in [6.07, 6.45) is 0.859. The lowest BCUT2D eigenvalue weighted by molar-refractivity contribution is -0.302. The van der Waals surface area contributed by atoms with Crippen LogP contribution in [0.3, 0.4) is 0 Å². The monoisotopic (exact) mass is 636 g/mol. The van der Waals surface area contributed by atoms with Crippen LogP contribution in [0.25, 0.3) is 0 Å². The van der Waals surface area contributed by atoms with Crippen molar-refractivity contribution in [2.24, 2.45) is 50.7 Å². The molecule has 2 spiro atoms. The summed E-state index contributed by atoms with van der Waals surface area (Å²) >= 11 is 0. The van der Waals surface area contributed by atoms with Gasteiger partial charge in [0.1, 0.15) is 36.8 Å². The summed E-state index contributed by atoms with van der Waals surface area (Å²) in [5.74, 6) is -0.514. The maximum atomic E-state index is 13.8. The molecule has 6 rings (SSSR count). The van der Waals surface area contributed by atoms with Crippen molar-refractivity contribution >= 4 is 12.3 Å². The Labute approximate surface area is 267 Å². The number of aldehydes is 1. The minimum atomic E-state index is -1.40. The van der Waals surface area contributed by atoms with E-state index in [4.69, 9.17) is 14.2 Å². The summed E-state index contributed by atoms with van der Waals surface area (Å²) in [5, 5.41) is 51.8. The second-order valence-electron chi connectivity index (χ2n) is 17.5. The van der Waals surface area contributed by atoms with Crippen LogP contribution >= 0.6 is 0 Å². The number of rotatable bonds is 6. The Bertz CT molecular complexity index is 1180. The van der Waals surface area contributed by atoms with Crippen LogP contribution in [-0.2, 0) is 23.8 Å². The molecule has 6 aliphatic rings. The van der Waals surface area contributed by atoms with Crippen molar-refractivity contribution in [1.82, 2.24) is 0 Å². The Morgan fingerprint density at radius 3 is 2.24 bits per heavy atom. The predicted molar refractivity (Wildman–Crippen MR) is 162 cm³/mol. The summed E-state index contributed by atoms with van der Waals surface area (Å²) in [6, 6.07) is 0. The van der Waals surface area contributed by atoms with Crippen LogP contribution in [0.15, 0.2) is 0 Å². The fourth-order valence-electron chi connectivity index (χ4n) is 12.0. The van der Waals surface area contributed by atoms with E-state index in [9.17, 15) is 35.1 Å². The molecular weight excluding hydrogens is 580 g/mol. The maximum Gasteiger partial charge on any atom is 0.310 e. The van der Waals surface area contributed by atoms with Gasteiger partial charge in [0.15, 0.2) is 6.29 Å². The van der Waals surface area contributed by atoms with Gasteiger partial charge in [0, 0.05) is 5.41 Å². The molecule has 5 N–H and O–H groups in total. The summed E-state index contributed by atoms with van der Waals surface area (Å²) in [6.45, 7) is 13.6. The van der Waals surface area contributed by atoms with Gasteiger partial charge < -0.3 is 44.5 Å². The van der Waals surface area contributed by atoms with Gasteiger partial charge in [0.05, 0.1) is 24.2 Å². The van der Waals surface area contributed by atoms with Crippen LogP contribution in [0, 0.1) is 50.7 Å². The summed E-state index contributed by atoms with van der Waals surface area (Å²) in [4.78, 5) is 27.2. The van der Waals surface area contributed by atoms with E-state index >= 15 is 0 Å². The normalized spacial score (nSPS) is 53.3. The quantitative estimate of drug-likeness (QED) is 0.166. The number of hydrogen-bond acceptors (Lipinski definition) is 10. The van der Waals surface area contributed by atoms with Crippen molar-refractivity contribution in [2.75, 3.05) is 6.61 Å². The molecule has 45 heavy (non-hydrogen) atoms. The predicted octanol–water partition coefficient (Wildman–Crippen LogP) is 2.74. The highest BCUT2D eigenvalue weighted by Crippen LogP contribution is 2.87. The van der Waals surface area contributed by atoms with Gasteiger partial charge in [0.25, 0.3) is 0 Å². The van der Waals surface area contributed by atoms with Crippen LogP contribution in [-0.4, -0.2) is 92.9 Å². The van der Waals surface area contributed by atoms with E-state index in [0.29, 0.717) is 12.3 Å². The Balaban J connectivity index is 1.23. The lowest BCUT2D eigenvalue weighted by atomic mass is 9.40. The molecule has 15 unspecified atom stereocenters. The van der Waals surface area contributed by atoms with Crippen molar-refractivity contribution in [1.29, 1.82) is 0 Å². The summed E-state index contributed by atoms with van der Waals surface area (Å²) in [7, 11) is 0. The van der Waals surface area contributed by atoms with Crippen LogP contribution in [0.5, 0.6) is 0 Å². The van der Waals surface area contributed by atoms with Gasteiger partial charge in [-0.15, -0.1) is 0 Å². The van der Waals surface area contributed by atoms with Crippen molar-refractivity contribution in [2.45, 2.75) is 148 Å². The van der Waals surface area contributed by atoms with E-state index in [1.165, 1.54) is 13.8 Å². The smallest absolute Gasteiger partial charge is 0.310 e. The number of esters is 1. The van der Waals surface area contributed by atoms with Gasteiger partial charge in [-0.2, -0.15) is 0 Å². The van der Waals surface area contributed by atoms with Crippen molar-refractivity contribution in [3.63, 3.8) is 0 Å². The highest BCUT2D eigenvalue weighted by Gasteiger charge is 2.82. The van der Waals surface area contributed by atoms with Gasteiger partial charge in [-0.3, -0.25) is 4.79 Å². The summed E-state index contributed by atoms with van der Waals surface area (Å²) in [5.41, 5.74) is -2.91. The minimum absolute atomic E-state index is 0.00986. The standard InChI is InChI=1S/C35H56O10/c1-18-14-20(27(40)31(4,5)42)44-28(41)24(18)32(6)12-13-35-16-34(35)11-10-23(45-29-26(39)25(38)19(37)15-43-29)30(2,3)21(34)8-9-22(35)33(32,7)17-36/h17-27,29,37-40,42H,8-16H2,1-7H3. The molecule has 4 aliphatic carbocycles. The zero-order valence-electron chi connectivity index (χ0n) is 28.1. The van der Waals surface area contributed by atoms with Gasteiger partial charge in [-0.25, -0.2) is 0 Å². The molecule has 0 aromatic rings. The van der Waals surface area contributed by atoms with Gasteiger partial charge in [-0.1, -0.05) is 34.6 Å². The van der Waals surface area contributed by atoms with Crippen LogP contribution in [0.2, 0.25) is 0 Å². The Morgan fingerprint density at radius 1 is 0.978 bits per heavy atom. The topological polar surface area (TPSA) is 163 Å². The molecule has 10 heteroatoms. The second kappa shape index (κ2) is 10.7. The number of carbonyl (C=O) groups is 2. The second-order valence-corrected chi connectivity index (χ2v) is 17.5. The molecule has 0 bridgehead atoms. The zero-order chi connectivity index (χ0) is 33.1. The first-order valence-corrected chi connectivity index (χ1v) is 17.2. The number of cyclic esters (lactones) is 1. The molecular formula is C35H56O10. The fourth-order valence-corrected chi connectivity index (χ4v) is 12.0. The third kappa shape index (κ3) is 4.59. The van der Waals surface area contributed by atoms with Crippen LogP contribution < -0.4 is 0 Å². The Hall–Kier alpha value is -1.14. The molecule has 0 aromatic carbocycles. The number of aliphatic hydroxyl groups excluding tert-OH is 4. The van der Waals surface area contributed by atoms with Crippen molar-refractivity contribution < 1.29 is 49.3 Å². The molecule has 2 saturated heterocycles. The SMILES string of the molecule is CC1CC(C(O)C(C)(C)O)OC(=O)C1C1(C)CCC23CC24CCC(OC2OCC(O)C(O)C2O)C(C)(C)C4CCC3C1(C)C=O. The molecule has 15 atom stereocenters. The molecule has 0 radical (unpaired) electrons. The van der Waals surface area contributed by atoms with Crippen molar-refractivity contribution in [3.05, 3.63) is 0 Å². The van der Waals surface area contributed by atoms with Crippen molar-refractivity contribution in [3.8, 4) is 0 Å². The first-order chi connectivity index (χ1) is 20.8. The molecule has 10 nitrogen and oxygen atoms in total. The highest BCUT2D eigenvalue weighted by molar-refractivity contribution is 5.77. The molecule has 4 saturated carbocycles. The van der Waals surface area contributed by atoms with E-state index in [0.717, 1.165) is 51.2 Å². The van der Waals surface area contributed by atoms with E-state index < -0.39 is 59.2 Å². The average Bonchev–Trinajstić information content (AvgIpc) is 3.63. The third-order valence-corrected chi connectivity index (χ3v) is 14.7.